The Morgan fingerprint density at radius 1 is 1.37 bits per heavy atom. The first kappa shape index (κ1) is 12.5. The van der Waals surface area contributed by atoms with E-state index in [4.69, 9.17) is 4.74 Å². The van der Waals surface area contributed by atoms with Crippen LogP contribution in [0.15, 0.2) is 18.2 Å². The summed E-state index contributed by atoms with van der Waals surface area (Å²) in [6.07, 6.45) is 2.81. The Labute approximate surface area is 113 Å². The van der Waals surface area contributed by atoms with Gasteiger partial charge in [-0.2, -0.15) is 0 Å². The number of nitrogens with zero attached hydrogens (tertiary/aromatic N) is 1. The van der Waals surface area contributed by atoms with E-state index < -0.39 is 6.10 Å². The van der Waals surface area contributed by atoms with Crippen molar-refractivity contribution in [3.63, 3.8) is 0 Å². The van der Waals surface area contributed by atoms with Crippen molar-refractivity contribution in [2.24, 2.45) is 0 Å². The molecule has 0 bridgehead atoms. The Balaban J connectivity index is 1.79. The Morgan fingerprint density at radius 3 is 2.95 bits per heavy atom. The van der Waals surface area contributed by atoms with Gasteiger partial charge in [0.1, 0.15) is 5.75 Å². The number of benzene rings is 1. The Kier molecular flexibility index (Phi) is 3.19. The van der Waals surface area contributed by atoms with Crippen molar-refractivity contribution in [1.82, 2.24) is 4.90 Å². The molecule has 1 saturated heterocycles. The topological polar surface area (TPSA) is 49.8 Å². The lowest BCUT2D eigenvalue weighted by molar-refractivity contribution is -0.132. The van der Waals surface area contributed by atoms with Gasteiger partial charge in [0.05, 0.1) is 6.10 Å². The first-order valence-corrected chi connectivity index (χ1v) is 6.87. The normalized spacial score (nSPS) is 26.4. The molecule has 1 aromatic carbocycles. The third-order valence-corrected chi connectivity index (χ3v) is 4.06. The van der Waals surface area contributed by atoms with Crippen molar-refractivity contribution in [3.05, 3.63) is 29.3 Å². The van der Waals surface area contributed by atoms with Crippen molar-refractivity contribution in [1.29, 1.82) is 0 Å². The molecule has 0 radical (unpaired) electrons. The number of amides is 1. The summed E-state index contributed by atoms with van der Waals surface area (Å²) in [6.45, 7) is 0.747. The number of likely N-dealkylation sites (tertiary alicyclic amines) is 1. The van der Waals surface area contributed by atoms with Gasteiger partial charge in [-0.15, -0.1) is 0 Å². The van der Waals surface area contributed by atoms with Gasteiger partial charge in [-0.05, 0) is 42.5 Å². The minimum atomic E-state index is -0.394. The highest BCUT2D eigenvalue weighted by Crippen LogP contribution is 2.32. The molecular weight excluding hydrogens is 242 g/mol. The second kappa shape index (κ2) is 4.85. The van der Waals surface area contributed by atoms with Gasteiger partial charge in [0, 0.05) is 20.0 Å². The summed E-state index contributed by atoms with van der Waals surface area (Å²) in [6, 6.07) is 5.81. The maximum absolute atomic E-state index is 11.8. The number of aliphatic hydroxyl groups is 1. The summed E-state index contributed by atoms with van der Waals surface area (Å²) >= 11 is 0. The van der Waals surface area contributed by atoms with Gasteiger partial charge >= 0.3 is 0 Å². The van der Waals surface area contributed by atoms with E-state index in [0.29, 0.717) is 5.75 Å². The van der Waals surface area contributed by atoms with Crippen LogP contribution in [0.25, 0.3) is 0 Å². The molecule has 2 atom stereocenters. The number of carbonyl (C=O) groups is 1. The molecule has 1 fully saturated rings. The number of fused-ring (bicyclic) bond motifs is 1. The average Bonchev–Trinajstić information content (AvgIpc) is 2.72. The highest BCUT2D eigenvalue weighted by Gasteiger charge is 2.31. The van der Waals surface area contributed by atoms with Crippen LogP contribution in [0.2, 0.25) is 0 Å². The Hall–Kier alpha value is -1.55. The van der Waals surface area contributed by atoms with Crippen LogP contribution in [0.5, 0.6) is 5.75 Å². The molecule has 1 amide bonds. The molecule has 1 aliphatic heterocycles. The first-order chi connectivity index (χ1) is 9.15. The maximum atomic E-state index is 11.8. The molecular formula is C15H19NO3. The zero-order valence-corrected chi connectivity index (χ0v) is 11.1. The van der Waals surface area contributed by atoms with Crippen molar-refractivity contribution in [2.45, 2.75) is 37.9 Å². The van der Waals surface area contributed by atoms with Crippen LogP contribution in [-0.2, 0) is 11.2 Å². The second-order valence-electron chi connectivity index (χ2n) is 5.42. The highest BCUT2D eigenvalue weighted by atomic mass is 16.5. The van der Waals surface area contributed by atoms with E-state index in [1.165, 1.54) is 5.56 Å². The zero-order chi connectivity index (χ0) is 13.4. The Morgan fingerprint density at radius 2 is 2.21 bits per heavy atom. The van der Waals surface area contributed by atoms with Crippen LogP contribution in [-0.4, -0.2) is 35.6 Å². The fourth-order valence-electron chi connectivity index (χ4n) is 2.89. The van der Waals surface area contributed by atoms with Crippen LogP contribution in [0, 0.1) is 0 Å². The lowest BCUT2D eigenvalue weighted by Gasteiger charge is -2.22. The average molecular weight is 261 g/mol. The quantitative estimate of drug-likeness (QED) is 0.881. The van der Waals surface area contributed by atoms with Gasteiger partial charge < -0.3 is 14.7 Å². The van der Waals surface area contributed by atoms with E-state index in [-0.39, 0.29) is 12.0 Å². The molecule has 3 rings (SSSR count). The summed E-state index contributed by atoms with van der Waals surface area (Å²) in [5, 5.41) is 10.0. The van der Waals surface area contributed by atoms with E-state index >= 15 is 0 Å². The molecule has 0 saturated carbocycles. The Bertz CT molecular complexity index is 500. The molecule has 0 aromatic heterocycles. The predicted molar refractivity (Wildman–Crippen MR) is 71.0 cm³/mol. The van der Waals surface area contributed by atoms with Crippen molar-refractivity contribution < 1.29 is 14.6 Å². The number of carbonyl (C=O) groups excluding carboxylic acids is 1. The summed E-state index contributed by atoms with van der Waals surface area (Å²) < 4.78 is 5.77. The van der Waals surface area contributed by atoms with Crippen molar-refractivity contribution in [3.8, 4) is 5.75 Å². The van der Waals surface area contributed by atoms with Gasteiger partial charge in [0.2, 0.25) is 0 Å². The summed E-state index contributed by atoms with van der Waals surface area (Å²) in [7, 11) is 1.79. The first-order valence-electron chi connectivity index (χ1n) is 6.87. The number of aliphatic hydroxyl groups excluding tert-OH is 1. The van der Waals surface area contributed by atoms with Crippen LogP contribution in [0.4, 0.5) is 0 Å². The monoisotopic (exact) mass is 261 g/mol. The second-order valence-corrected chi connectivity index (χ2v) is 5.42. The SMILES string of the molecule is CN1CCC(Oc2ccc3c(c2)C(O)CCC3)C1=O. The molecule has 4 heteroatoms. The van der Waals surface area contributed by atoms with Crippen LogP contribution in [0.3, 0.4) is 0 Å². The smallest absolute Gasteiger partial charge is 0.263 e. The van der Waals surface area contributed by atoms with Gasteiger partial charge in [0.25, 0.3) is 5.91 Å². The molecule has 102 valence electrons. The zero-order valence-electron chi connectivity index (χ0n) is 11.1. The van der Waals surface area contributed by atoms with E-state index in [1.54, 1.807) is 11.9 Å². The van der Waals surface area contributed by atoms with Crippen LogP contribution >= 0.6 is 0 Å². The molecule has 1 aliphatic carbocycles. The predicted octanol–water partition coefficient (Wildman–Crippen LogP) is 1.67. The third kappa shape index (κ3) is 2.32. The van der Waals surface area contributed by atoms with E-state index in [0.717, 1.165) is 37.8 Å². The summed E-state index contributed by atoms with van der Waals surface area (Å²) in [4.78, 5) is 13.5. The molecule has 0 spiro atoms. The number of likely N-dealkylation sites (N-methyl/N-ethyl adjacent to an activating group) is 1. The fraction of sp³-hybridized carbons (Fsp3) is 0.533. The minimum absolute atomic E-state index is 0.0401. The lowest BCUT2D eigenvalue weighted by atomic mass is 9.89. The molecule has 19 heavy (non-hydrogen) atoms. The van der Waals surface area contributed by atoms with Crippen molar-refractivity contribution in [2.75, 3.05) is 13.6 Å². The number of aryl methyl sites for hydroxylation is 1. The molecule has 2 unspecified atom stereocenters. The molecule has 1 N–H and O–H groups in total. The minimum Gasteiger partial charge on any atom is -0.481 e. The molecule has 4 nitrogen and oxygen atoms in total. The lowest BCUT2D eigenvalue weighted by Crippen LogP contribution is -2.29. The third-order valence-electron chi connectivity index (χ3n) is 4.06. The van der Waals surface area contributed by atoms with Crippen molar-refractivity contribution >= 4 is 5.91 Å². The standard InChI is InChI=1S/C15H19NO3/c1-16-8-7-14(15(16)18)19-11-6-5-10-3-2-4-13(17)12(10)9-11/h5-6,9,13-14,17H,2-4,7-8H2,1H3. The van der Waals surface area contributed by atoms with E-state index in [9.17, 15) is 9.90 Å². The van der Waals surface area contributed by atoms with Gasteiger partial charge in [-0.3, -0.25) is 4.79 Å². The highest BCUT2D eigenvalue weighted by molar-refractivity contribution is 5.83. The van der Waals surface area contributed by atoms with Crippen LogP contribution in [0.1, 0.15) is 36.5 Å². The number of ether oxygens (including phenoxy) is 1. The number of rotatable bonds is 2. The largest absolute Gasteiger partial charge is 0.481 e. The van der Waals surface area contributed by atoms with Gasteiger partial charge in [-0.1, -0.05) is 6.07 Å². The summed E-state index contributed by atoms with van der Waals surface area (Å²) in [5.41, 5.74) is 2.16. The van der Waals surface area contributed by atoms with Gasteiger partial charge in [0.15, 0.2) is 6.10 Å². The van der Waals surface area contributed by atoms with Gasteiger partial charge in [-0.25, -0.2) is 0 Å². The maximum Gasteiger partial charge on any atom is 0.263 e. The number of hydrogen-bond donors (Lipinski definition) is 1. The fourth-order valence-corrected chi connectivity index (χ4v) is 2.89. The molecule has 1 aromatic rings. The van der Waals surface area contributed by atoms with E-state index in [1.807, 2.05) is 18.2 Å². The number of hydrogen-bond acceptors (Lipinski definition) is 3. The summed E-state index contributed by atoms with van der Waals surface area (Å²) in [5.74, 6) is 0.728. The molecule has 1 heterocycles. The molecule has 2 aliphatic rings. The van der Waals surface area contributed by atoms with E-state index in [2.05, 4.69) is 0 Å². The van der Waals surface area contributed by atoms with Crippen LogP contribution < -0.4 is 4.74 Å².